The van der Waals surface area contributed by atoms with Crippen LogP contribution in [0.3, 0.4) is 0 Å². The lowest BCUT2D eigenvalue weighted by molar-refractivity contribution is -0.141. The smallest absolute Gasteiger partial charge is 0.265 e. The highest BCUT2D eigenvalue weighted by atomic mass is 16.5. The standard InChI is InChI=1S/C14H17N3O3/c18-13-9-17(7-3-6-15-13)14(19)12-8-16-10-4-1-2-5-11(10)20-12/h1-2,4-5,12,16H,3,6-9H2,(H,15,18). The molecule has 0 bridgehead atoms. The molecule has 2 N–H and O–H groups in total. The number of ether oxygens (including phenoxy) is 1. The Hall–Kier alpha value is -2.24. The molecule has 1 atom stereocenters. The van der Waals surface area contributed by atoms with E-state index >= 15 is 0 Å². The highest BCUT2D eigenvalue weighted by molar-refractivity contribution is 5.88. The quantitative estimate of drug-likeness (QED) is 0.768. The molecule has 0 spiro atoms. The number of anilines is 1. The molecule has 1 fully saturated rings. The summed E-state index contributed by atoms with van der Waals surface area (Å²) in [6.45, 7) is 1.74. The Bertz CT molecular complexity index is 532. The van der Waals surface area contributed by atoms with Crippen molar-refractivity contribution in [2.24, 2.45) is 0 Å². The highest BCUT2D eigenvalue weighted by Gasteiger charge is 2.31. The lowest BCUT2D eigenvalue weighted by atomic mass is 10.2. The minimum absolute atomic E-state index is 0.111. The number of para-hydroxylation sites is 2. The van der Waals surface area contributed by atoms with Crippen LogP contribution in [0.4, 0.5) is 5.69 Å². The number of amides is 2. The fourth-order valence-corrected chi connectivity index (χ4v) is 2.45. The molecule has 0 aliphatic carbocycles. The van der Waals surface area contributed by atoms with E-state index in [0.29, 0.717) is 25.4 Å². The number of benzene rings is 1. The maximum absolute atomic E-state index is 12.4. The number of carbonyl (C=O) groups excluding carboxylic acids is 2. The zero-order valence-electron chi connectivity index (χ0n) is 11.1. The van der Waals surface area contributed by atoms with Crippen molar-refractivity contribution in [3.8, 4) is 5.75 Å². The Morgan fingerprint density at radius 2 is 2.15 bits per heavy atom. The molecule has 0 saturated carbocycles. The first kappa shape index (κ1) is 12.8. The van der Waals surface area contributed by atoms with Crippen molar-refractivity contribution in [3.05, 3.63) is 24.3 Å². The van der Waals surface area contributed by atoms with Gasteiger partial charge < -0.3 is 20.3 Å². The molecule has 6 nitrogen and oxygen atoms in total. The van der Waals surface area contributed by atoms with E-state index in [2.05, 4.69) is 10.6 Å². The van der Waals surface area contributed by atoms with Crippen LogP contribution in [0.1, 0.15) is 6.42 Å². The maximum Gasteiger partial charge on any atom is 0.265 e. The molecule has 0 radical (unpaired) electrons. The number of nitrogens with zero attached hydrogens (tertiary/aromatic N) is 1. The average Bonchev–Trinajstić information content (AvgIpc) is 2.70. The minimum atomic E-state index is -0.573. The van der Waals surface area contributed by atoms with Crippen LogP contribution < -0.4 is 15.4 Å². The van der Waals surface area contributed by atoms with Gasteiger partial charge in [-0.05, 0) is 18.6 Å². The molecule has 20 heavy (non-hydrogen) atoms. The van der Waals surface area contributed by atoms with E-state index in [-0.39, 0.29) is 18.4 Å². The van der Waals surface area contributed by atoms with E-state index in [0.717, 1.165) is 12.1 Å². The van der Waals surface area contributed by atoms with Gasteiger partial charge in [0, 0.05) is 13.1 Å². The second kappa shape index (κ2) is 5.40. The monoisotopic (exact) mass is 275 g/mol. The predicted octanol–water partition coefficient (Wildman–Crippen LogP) is 0.208. The topological polar surface area (TPSA) is 70.7 Å². The van der Waals surface area contributed by atoms with Gasteiger partial charge in [0.2, 0.25) is 5.91 Å². The van der Waals surface area contributed by atoms with E-state index in [4.69, 9.17) is 4.74 Å². The highest BCUT2D eigenvalue weighted by Crippen LogP contribution is 2.28. The Morgan fingerprint density at radius 1 is 1.30 bits per heavy atom. The molecule has 1 aromatic carbocycles. The molecule has 106 valence electrons. The van der Waals surface area contributed by atoms with Gasteiger partial charge in [0.25, 0.3) is 5.91 Å². The fraction of sp³-hybridized carbons (Fsp3) is 0.429. The minimum Gasteiger partial charge on any atom is -0.477 e. The van der Waals surface area contributed by atoms with Crippen LogP contribution in [-0.4, -0.2) is 49.0 Å². The summed E-state index contributed by atoms with van der Waals surface area (Å²) >= 11 is 0. The zero-order valence-corrected chi connectivity index (χ0v) is 11.1. The van der Waals surface area contributed by atoms with Gasteiger partial charge in [-0.25, -0.2) is 0 Å². The van der Waals surface area contributed by atoms with E-state index in [9.17, 15) is 9.59 Å². The van der Waals surface area contributed by atoms with E-state index in [1.54, 1.807) is 4.90 Å². The molecule has 6 heteroatoms. The molecule has 2 amide bonds. The van der Waals surface area contributed by atoms with Crippen molar-refractivity contribution in [2.75, 3.05) is 31.5 Å². The average molecular weight is 275 g/mol. The number of nitrogens with one attached hydrogen (secondary N) is 2. The predicted molar refractivity (Wildman–Crippen MR) is 73.6 cm³/mol. The summed E-state index contributed by atoms with van der Waals surface area (Å²) < 4.78 is 5.74. The van der Waals surface area contributed by atoms with Gasteiger partial charge in [0.1, 0.15) is 5.75 Å². The van der Waals surface area contributed by atoms with Crippen LogP contribution in [0.25, 0.3) is 0 Å². The van der Waals surface area contributed by atoms with Crippen LogP contribution in [-0.2, 0) is 9.59 Å². The molecule has 1 saturated heterocycles. The number of fused-ring (bicyclic) bond motifs is 1. The summed E-state index contributed by atoms with van der Waals surface area (Å²) in [6, 6.07) is 7.52. The Morgan fingerprint density at radius 3 is 3.05 bits per heavy atom. The second-order valence-electron chi connectivity index (χ2n) is 4.95. The number of hydrogen-bond acceptors (Lipinski definition) is 4. The molecular formula is C14H17N3O3. The van der Waals surface area contributed by atoms with Crippen molar-refractivity contribution < 1.29 is 14.3 Å². The third-order valence-electron chi connectivity index (χ3n) is 3.48. The van der Waals surface area contributed by atoms with Crippen molar-refractivity contribution in [2.45, 2.75) is 12.5 Å². The van der Waals surface area contributed by atoms with Crippen LogP contribution >= 0.6 is 0 Å². The number of carbonyl (C=O) groups is 2. The summed E-state index contributed by atoms with van der Waals surface area (Å²) in [4.78, 5) is 25.5. The first-order chi connectivity index (χ1) is 9.74. The van der Waals surface area contributed by atoms with E-state index < -0.39 is 6.10 Å². The summed E-state index contributed by atoms with van der Waals surface area (Å²) in [5.41, 5.74) is 0.894. The molecule has 2 aliphatic rings. The van der Waals surface area contributed by atoms with E-state index in [1.807, 2.05) is 24.3 Å². The number of rotatable bonds is 1. The van der Waals surface area contributed by atoms with Gasteiger partial charge in [0.05, 0.1) is 18.8 Å². The largest absolute Gasteiger partial charge is 0.477 e. The lowest BCUT2D eigenvalue weighted by Crippen LogP contribution is -2.48. The van der Waals surface area contributed by atoms with Crippen LogP contribution in [0, 0.1) is 0 Å². The van der Waals surface area contributed by atoms with Gasteiger partial charge in [-0.2, -0.15) is 0 Å². The summed E-state index contributed by atoms with van der Waals surface area (Å²) in [5.74, 6) is 0.431. The van der Waals surface area contributed by atoms with Crippen molar-refractivity contribution in [1.82, 2.24) is 10.2 Å². The molecule has 2 aliphatic heterocycles. The lowest BCUT2D eigenvalue weighted by Gasteiger charge is -2.30. The summed E-state index contributed by atoms with van der Waals surface area (Å²) in [7, 11) is 0. The Kier molecular flexibility index (Phi) is 3.45. The van der Waals surface area contributed by atoms with Crippen molar-refractivity contribution in [3.63, 3.8) is 0 Å². The fourth-order valence-electron chi connectivity index (χ4n) is 2.45. The van der Waals surface area contributed by atoms with Crippen molar-refractivity contribution >= 4 is 17.5 Å². The van der Waals surface area contributed by atoms with Crippen LogP contribution in [0.2, 0.25) is 0 Å². The first-order valence-corrected chi connectivity index (χ1v) is 6.79. The zero-order chi connectivity index (χ0) is 13.9. The van der Waals surface area contributed by atoms with Crippen LogP contribution in [0.5, 0.6) is 5.75 Å². The second-order valence-corrected chi connectivity index (χ2v) is 4.95. The summed E-state index contributed by atoms with van der Waals surface area (Å²) in [6.07, 6.45) is 0.199. The third kappa shape index (κ3) is 2.54. The number of hydrogen-bond donors (Lipinski definition) is 2. The SMILES string of the molecule is O=C1CN(C(=O)C2CNc3ccccc3O2)CCCN1. The molecule has 1 unspecified atom stereocenters. The van der Waals surface area contributed by atoms with Gasteiger partial charge in [-0.1, -0.05) is 12.1 Å². The van der Waals surface area contributed by atoms with Gasteiger partial charge in [-0.3, -0.25) is 9.59 Å². The maximum atomic E-state index is 12.4. The summed E-state index contributed by atoms with van der Waals surface area (Å²) in [5, 5.41) is 5.95. The molecule has 0 aromatic heterocycles. The molecule has 2 heterocycles. The first-order valence-electron chi connectivity index (χ1n) is 6.79. The van der Waals surface area contributed by atoms with E-state index in [1.165, 1.54) is 0 Å². The normalized spacial score (nSPS) is 21.9. The van der Waals surface area contributed by atoms with Crippen molar-refractivity contribution in [1.29, 1.82) is 0 Å². The van der Waals surface area contributed by atoms with Gasteiger partial charge >= 0.3 is 0 Å². The third-order valence-corrected chi connectivity index (χ3v) is 3.48. The molecule has 3 rings (SSSR count). The molecular weight excluding hydrogens is 258 g/mol. The molecule has 1 aromatic rings. The van der Waals surface area contributed by atoms with Gasteiger partial charge in [0.15, 0.2) is 6.10 Å². The Labute approximate surface area is 117 Å². The Balaban J connectivity index is 1.70. The van der Waals surface area contributed by atoms with Crippen LogP contribution in [0.15, 0.2) is 24.3 Å². The van der Waals surface area contributed by atoms with Gasteiger partial charge in [-0.15, -0.1) is 0 Å².